The van der Waals surface area contributed by atoms with Crippen LogP contribution in [-0.4, -0.2) is 41.9 Å². The fourth-order valence-corrected chi connectivity index (χ4v) is 3.91. The summed E-state index contributed by atoms with van der Waals surface area (Å²) in [6, 6.07) is 34.5. The number of allylic oxidation sites excluding steroid dienone is 1. The van der Waals surface area contributed by atoms with Crippen LogP contribution >= 0.6 is 0 Å². The zero-order valence-corrected chi connectivity index (χ0v) is 27.0. The molecule has 0 aliphatic carbocycles. The van der Waals surface area contributed by atoms with Crippen molar-refractivity contribution in [3.05, 3.63) is 141 Å². The van der Waals surface area contributed by atoms with E-state index in [1.54, 1.807) is 12.1 Å². The predicted octanol–water partition coefficient (Wildman–Crippen LogP) is 8.03. The molecule has 0 aromatic heterocycles. The summed E-state index contributed by atoms with van der Waals surface area (Å²) >= 11 is 0. The van der Waals surface area contributed by atoms with Gasteiger partial charge in [-0.1, -0.05) is 92.7 Å². The molecule has 45 heavy (non-hydrogen) atoms. The Morgan fingerprint density at radius 3 is 1.76 bits per heavy atom. The first-order valence-corrected chi connectivity index (χ1v) is 14.7. The van der Waals surface area contributed by atoms with Crippen molar-refractivity contribution in [1.29, 1.82) is 10.5 Å². The number of ether oxygens (including phenoxy) is 3. The summed E-state index contributed by atoms with van der Waals surface area (Å²) in [5.41, 5.74) is 2.74. The van der Waals surface area contributed by atoms with E-state index in [-0.39, 0.29) is 12.7 Å². The summed E-state index contributed by atoms with van der Waals surface area (Å²) in [6.07, 6.45) is 5.11. The Morgan fingerprint density at radius 2 is 1.36 bits per heavy atom. The molecule has 1 aliphatic rings. The minimum Gasteiger partial charge on any atom is -0.491 e. The molecule has 3 aromatic carbocycles. The van der Waals surface area contributed by atoms with Crippen LogP contribution in [-0.2, 0) is 15.9 Å². The highest BCUT2D eigenvalue weighted by Crippen LogP contribution is 2.28. The Kier molecular flexibility index (Phi) is 29.1. The molecule has 7 heteroatoms. The lowest BCUT2D eigenvalue weighted by atomic mass is 10.0. The number of hydrogen-bond acceptors (Lipinski definition) is 7. The zero-order valence-electron chi connectivity index (χ0n) is 27.0. The van der Waals surface area contributed by atoms with Crippen molar-refractivity contribution in [2.24, 2.45) is 5.92 Å². The second-order valence-electron chi connectivity index (χ2n) is 9.22. The van der Waals surface area contributed by atoms with E-state index in [1.807, 2.05) is 30.3 Å². The van der Waals surface area contributed by atoms with Gasteiger partial charge in [0.25, 0.3) is 0 Å². The van der Waals surface area contributed by atoms with E-state index in [4.69, 9.17) is 30.2 Å². The molecule has 242 valence electrons. The standard InChI is InChI=1S/C14H20O2.C13H12.C5H4N2O.C2H6O2.2C2H4/c1-3-14-11(2)9-13(16-14)10-15-12-7-5-4-6-8-12;1-3-7-12(8-4-1)11-13-9-5-2-6-10-13;6-2-1-4-8-5-3-7;1-2(3)4;2*1-2/h4-8,11,13-14H,3,9-10H2,1-2H3;1-10H,11H2;1,4H,5H2;2-4H,1H3;2*1-2H2/b;;4-1-;;;/t11-,13?,14?;;;;;/m0...../s1. The molecule has 1 aliphatic heterocycles. The summed E-state index contributed by atoms with van der Waals surface area (Å²) < 4.78 is 16.1. The Bertz CT molecular complexity index is 1130. The fourth-order valence-electron chi connectivity index (χ4n) is 3.91. The highest BCUT2D eigenvalue weighted by atomic mass is 16.5. The molecule has 3 atom stereocenters. The smallest absolute Gasteiger partial charge is 0.173 e. The zero-order chi connectivity index (χ0) is 34.1. The molecule has 2 N–H and O–H groups in total. The highest BCUT2D eigenvalue weighted by molar-refractivity contribution is 5.25. The quantitative estimate of drug-likeness (QED) is 0.0867. The lowest BCUT2D eigenvalue weighted by molar-refractivity contribution is -0.0228. The molecule has 2 unspecified atom stereocenters. The van der Waals surface area contributed by atoms with E-state index in [0.29, 0.717) is 18.6 Å². The number of nitriles is 2. The minimum absolute atomic E-state index is 0.00181. The molecule has 0 spiro atoms. The highest BCUT2D eigenvalue weighted by Gasteiger charge is 2.31. The minimum atomic E-state index is -1.17. The van der Waals surface area contributed by atoms with Gasteiger partial charge in [-0.25, -0.2) is 0 Å². The van der Waals surface area contributed by atoms with Gasteiger partial charge in [-0.3, -0.25) is 0 Å². The number of aliphatic hydroxyl groups is 2. The maximum absolute atomic E-state index is 7.87. The van der Waals surface area contributed by atoms with Gasteiger partial charge in [0.15, 0.2) is 6.61 Å². The van der Waals surface area contributed by atoms with Crippen LogP contribution in [0.3, 0.4) is 0 Å². The largest absolute Gasteiger partial charge is 0.491 e. The summed E-state index contributed by atoms with van der Waals surface area (Å²) in [6.45, 7) is 18.4. The van der Waals surface area contributed by atoms with Crippen LogP contribution in [0.2, 0.25) is 0 Å². The van der Waals surface area contributed by atoms with Gasteiger partial charge in [0, 0.05) is 0 Å². The second kappa shape index (κ2) is 30.8. The number of hydrogen-bond donors (Lipinski definition) is 2. The predicted molar refractivity (Wildman–Crippen MR) is 183 cm³/mol. The molecule has 1 fully saturated rings. The number of para-hydroxylation sites is 1. The Labute approximate surface area is 271 Å². The first-order chi connectivity index (χ1) is 21.9. The van der Waals surface area contributed by atoms with Crippen LogP contribution in [0.15, 0.2) is 130 Å². The Balaban J connectivity index is 0. The van der Waals surface area contributed by atoms with Gasteiger partial charge in [0.05, 0.1) is 30.6 Å². The van der Waals surface area contributed by atoms with Crippen LogP contribution in [0, 0.1) is 28.6 Å². The maximum atomic E-state index is 7.87. The molecule has 0 bridgehead atoms. The molecule has 7 nitrogen and oxygen atoms in total. The van der Waals surface area contributed by atoms with Gasteiger partial charge >= 0.3 is 0 Å². The van der Waals surface area contributed by atoms with Crippen molar-refractivity contribution in [3.63, 3.8) is 0 Å². The third-order valence-corrected chi connectivity index (χ3v) is 5.70. The maximum Gasteiger partial charge on any atom is 0.173 e. The summed E-state index contributed by atoms with van der Waals surface area (Å²) in [4.78, 5) is 0. The summed E-state index contributed by atoms with van der Waals surface area (Å²) in [5.74, 6) is 1.59. The molecular weight excluding hydrogens is 564 g/mol. The summed E-state index contributed by atoms with van der Waals surface area (Å²) in [7, 11) is 0. The van der Waals surface area contributed by atoms with Crippen molar-refractivity contribution in [1.82, 2.24) is 0 Å². The number of aliphatic hydroxyl groups excluding tert-OH is 1. The van der Waals surface area contributed by atoms with E-state index in [0.717, 1.165) is 31.1 Å². The first-order valence-electron chi connectivity index (χ1n) is 14.7. The van der Waals surface area contributed by atoms with Gasteiger partial charge in [0.2, 0.25) is 0 Å². The van der Waals surface area contributed by atoms with Crippen LogP contribution in [0.4, 0.5) is 0 Å². The monoisotopic (exact) mass is 614 g/mol. The van der Waals surface area contributed by atoms with Gasteiger partial charge in [0.1, 0.15) is 24.7 Å². The van der Waals surface area contributed by atoms with Gasteiger partial charge in [-0.05, 0) is 55.4 Å². The van der Waals surface area contributed by atoms with Gasteiger partial charge in [-0.15, -0.1) is 26.3 Å². The van der Waals surface area contributed by atoms with E-state index in [9.17, 15) is 0 Å². The third-order valence-electron chi connectivity index (χ3n) is 5.70. The number of rotatable bonds is 8. The lowest BCUT2D eigenvalue weighted by Gasteiger charge is -2.13. The lowest BCUT2D eigenvalue weighted by Crippen LogP contribution is -2.18. The molecule has 0 radical (unpaired) electrons. The van der Waals surface area contributed by atoms with Crippen molar-refractivity contribution in [2.75, 3.05) is 13.2 Å². The number of nitrogens with zero attached hydrogens (tertiary/aromatic N) is 2. The van der Waals surface area contributed by atoms with Crippen molar-refractivity contribution in [3.8, 4) is 17.9 Å². The average Bonchev–Trinajstić information content (AvgIpc) is 3.45. The van der Waals surface area contributed by atoms with E-state index >= 15 is 0 Å². The van der Waals surface area contributed by atoms with Crippen molar-refractivity contribution in [2.45, 2.75) is 58.5 Å². The second-order valence-corrected chi connectivity index (χ2v) is 9.22. The molecule has 0 amide bonds. The molecular formula is C38H50N2O5. The Morgan fingerprint density at radius 1 is 0.889 bits per heavy atom. The molecule has 4 rings (SSSR count). The molecule has 1 saturated heterocycles. The van der Waals surface area contributed by atoms with Gasteiger partial charge < -0.3 is 24.4 Å². The Hall–Kier alpha value is -4.66. The van der Waals surface area contributed by atoms with E-state index in [2.05, 4.69) is 106 Å². The topological polar surface area (TPSA) is 116 Å². The first kappa shape index (κ1) is 42.5. The average molecular weight is 615 g/mol. The van der Waals surface area contributed by atoms with Crippen LogP contribution < -0.4 is 4.74 Å². The number of benzene rings is 3. The van der Waals surface area contributed by atoms with Crippen molar-refractivity contribution < 1.29 is 24.4 Å². The third kappa shape index (κ3) is 24.5. The fraction of sp³-hybridized carbons (Fsp3) is 0.316. The van der Waals surface area contributed by atoms with E-state index < -0.39 is 6.29 Å². The molecule has 3 aromatic rings. The molecule has 1 heterocycles. The van der Waals surface area contributed by atoms with Gasteiger partial charge in [-0.2, -0.15) is 10.5 Å². The normalized spacial score (nSPS) is 15.6. The SMILES string of the molecule is C=C.C=C.CC(O)O.CCC1OC(COc2ccccc2)C[C@@H]1C.N#C/C=C\OCC#N.c1ccc(Cc2ccccc2)cc1. The van der Waals surface area contributed by atoms with Crippen LogP contribution in [0.25, 0.3) is 0 Å². The van der Waals surface area contributed by atoms with E-state index in [1.165, 1.54) is 24.3 Å². The van der Waals surface area contributed by atoms with Crippen molar-refractivity contribution >= 4 is 0 Å². The summed E-state index contributed by atoms with van der Waals surface area (Å²) in [5, 5.41) is 31.0. The molecule has 0 saturated carbocycles. The van der Waals surface area contributed by atoms with Crippen LogP contribution in [0.5, 0.6) is 5.75 Å². The van der Waals surface area contributed by atoms with Crippen LogP contribution in [0.1, 0.15) is 44.7 Å².